The van der Waals surface area contributed by atoms with Gasteiger partial charge in [-0.1, -0.05) is 24.2 Å². The average Bonchev–Trinajstić information content (AvgIpc) is 3.17. The number of hydrogen-bond donors (Lipinski definition) is 3. The SMILES string of the molecule is CNCC(O)COc1cccc(-c2nc(N[C@H]3CC[C@H](C)CC3)cc(-c3c(C)noc3C)n2)c1. The van der Waals surface area contributed by atoms with Gasteiger partial charge < -0.3 is 25.0 Å². The number of rotatable bonds is 9. The highest BCUT2D eigenvalue weighted by Crippen LogP contribution is 2.32. The van der Waals surface area contributed by atoms with Crippen molar-refractivity contribution in [2.75, 3.05) is 25.5 Å². The highest BCUT2D eigenvalue weighted by Gasteiger charge is 2.21. The van der Waals surface area contributed by atoms with Gasteiger partial charge in [-0.25, -0.2) is 9.97 Å². The van der Waals surface area contributed by atoms with E-state index in [1.165, 1.54) is 12.8 Å². The molecule has 1 fully saturated rings. The number of aryl methyl sites for hydroxylation is 2. The molecule has 0 amide bonds. The normalized spacial score (nSPS) is 19.1. The zero-order chi connectivity index (χ0) is 24.1. The molecular formula is C26H35N5O3. The summed E-state index contributed by atoms with van der Waals surface area (Å²) in [5, 5.41) is 20.7. The van der Waals surface area contributed by atoms with Crippen LogP contribution in [0.4, 0.5) is 5.82 Å². The lowest BCUT2D eigenvalue weighted by Crippen LogP contribution is -2.29. The highest BCUT2D eigenvalue weighted by molar-refractivity contribution is 5.70. The molecule has 1 aliphatic carbocycles. The lowest BCUT2D eigenvalue weighted by atomic mass is 9.87. The minimum absolute atomic E-state index is 0.206. The van der Waals surface area contributed by atoms with Gasteiger partial charge in [-0.15, -0.1) is 0 Å². The van der Waals surface area contributed by atoms with Gasteiger partial charge in [-0.2, -0.15) is 0 Å². The summed E-state index contributed by atoms with van der Waals surface area (Å²) in [6.07, 6.45) is 4.15. The molecule has 2 aromatic heterocycles. The van der Waals surface area contributed by atoms with E-state index in [4.69, 9.17) is 19.2 Å². The predicted octanol–water partition coefficient (Wildman–Crippen LogP) is 4.37. The number of nitrogens with zero attached hydrogens (tertiary/aromatic N) is 3. The highest BCUT2D eigenvalue weighted by atomic mass is 16.5. The molecule has 0 aliphatic heterocycles. The molecule has 1 aliphatic rings. The summed E-state index contributed by atoms with van der Waals surface area (Å²) in [6, 6.07) is 10.1. The minimum atomic E-state index is -0.582. The first-order chi connectivity index (χ1) is 16.4. The van der Waals surface area contributed by atoms with E-state index in [1.807, 2.05) is 44.2 Å². The Labute approximate surface area is 201 Å². The first kappa shape index (κ1) is 24.2. The number of benzene rings is 1. The van der Waals surface area contributed by atoms with Crippen LogP contribution in [-0.4, -0.2) is 52.6 Å². The number of likely N-dealkylation sites (N-methyl/N-ethyl adjacent to an activating group) is 1. The molecule has 3 aromatic rings. The minimum Gasteiger partial charge on any atom is -0.491 e. The molecule has 3 N–H and O–H groups in total. The second kappa shape index (κ2) is 11.0. The topological polar surface area (TPSA) is 105 Å². The Morgan fingerprint density at radius 2 is 1.94 bits per heavy atom. The van der Waals surface area contributed by atoms with Gasteiger partial charge in [-0.05, 0) is 64.6 Å². The zero-order valence-electron chi connectivity index (χ0n) is 20.5. The van der Waals surface area contributed by atoms with Gasteiger partial charge in [0, 0.05) is 24.2 Å². The van der Waals surface area contributed by atoms with Crippen LogP contribution in [-0.2, 0) is 0 Å². The van der Waals surface area contributed by atoms with Gasteiger partial charge >= 0.3 is 0 Å². The van der Waals surface area contributed by atoms with Gasteiger partial charge in [0.1, 0.15) is 30.0 Å². The van der Waals surface area contributed by atoms with Crippen molar-refractivity contribution in [2.24, 2.45) is 5.92 Å². The van der Waals surface area contributed by atoms with Gasteiger partial charge in [0.25, 0.3) is 0 Å². The molecule has 0 radical (unpaired) electrons. The van der Waals surface area contributed by atoms with E-state index in [9.17, 15) is 5.11 Å². The molecule has 182 valence electrons. The Morgan fingerprint density at radius 3 is 2.65 bits per heavy atom. The van der Waals surface area contributed by atoms with Crippen LogP contribution in [0.2, 0.25) is 0 Å². The van der Waals surface area contributed by atoms with E-state index in [1.54, 1.807) is 7.05 Å². The quantitative estimate of drug-likeness (QED) is 0.428. The molecule has 0 saturated heterocycles. The maximum atomic E-state index is 9.96. The summed E-state index contributed by atoms with van der Waals surface area (Å²) in [6.45, 7) is 6.82. The summed E-state index contributed by atoms with van der Waals surface area (Å²) < 4.78 is 11.2. The lowest BCUT2D eigenvalue weighted by molar-refractivity contribution is 0.108. The molecule has 1 aromatic carbocycles. The number of aliphatic hydroxyl groups is 1. The molecule has 1 saturated carbocycles. The van der Waals surface area contributed by atoms with E-state index >= 15 is 0 Å². The fourth-order valence-corrected chi connectivity index (χ4v) is 4.45. The summed E-state index contributed by atoms with van der Waals surface area (Å²) in [4.78, 5) is 9.74. The van der Waals surface area contributed by atoms with Crippen molar-refractivity contribution in [3.05, 3.63) is 41.8 Å². The first-order valence-corrected chi connectivity index (χ1v) is 12.1. The number of hydrogen-bond acceptors (Lipinski definition) is 8. The fraction of sp³-hybridized carbons (Fsp3) is 0.500. The van der Waals surface area contributed by atoms with Gasteiger partial charge in [0.05, 0.1) is 17.0 Å². The maximum absolute atomic E-state index is 9.96. The molecule has 0 spiro atoms. The molecule has 2 heterocycles. The van der Waals surface area contributed by atoms with E-state index in [-0.39, 0.29) is 6.61 Å². The Hall–Kier alpha value is -2.97. The van der Waals surface area contributed by atoms with Crippen LogP contribution in [0, 0.1) is 19.8 Å². The fourth-order valence-electron chi connectivity index (χ4n) is 4.45. The smallest absolute Gasteiger partial charge is 0.162 e. The number of ether oxygens (including phenoxy) is 1. The van der Waals surface area contributed by atoms with Crippen molar-refractivity contribution in [1.82, 2.24) is 20.4 Å². The Kier molecular flexibility index (Phi) is 7.80. The van der Waals surface area contributed by atoms with E-state index < -0.39 is 6.10 Å². The van der Waals surface area contributed by atoms with Crippen molar-refractivity contribution in [2.45, 2.75) is 58.6 Å². The van der Waals surface area contributed by atoms with Crippen LogP contribution >= 0.6 is 0 Å². The molecule has 4 rings (SSSR count). The molecule has 0 bridgehead atoms. The number of aliphatic hydroxyl groups excluding tert-OH is 1. The molecule has 1 atom stereocenters. The van der Waals surface area contributed by atoms with Crippen molar-refractivity contribution >= 4 is 5.82 Å². The number of nitrogens with one attached hydrogen (secondary N) is 2. The van der Waals surface area contributed by atoms with Gasteiger partial charge in [-0.3, -0.25) is 0 Å². The van der Waals surface area contributed by atoms with Crippen LogP contribution in [0.1, 0.15) is 44.1 Å². The lowest BCUT2D eigenvalue weighted by Gasteiger charge is -2.27. The zero-order valence-corrected chi connectivity index (χ0v) is 20.5. The molecule has 8 heteroatoms. The Morgan fingerprint density at radius 1 is 1.15 bits per heavy atom. The summed E-state index contributed by atoms with van der Waals surface area (Å²) in [5.41, 5.74) is 3.32. The third-order valence-corrected chi connectivity index (χ3v) is 6.36. The third kappa shape index (κ3) is 5.93. The first-order valence-electron chi connectivity index (χ1n) is 12.1. The molecule has 8 nitrogen and oxygen atoms in total. The van der Waals surface area contributed by atoms with E-state index in [2.05, 4.69) is 22.7 Å². The summed E-state index contributed by atoms with van der Waals surface area (Å²) in [5.74, 6) is 3.58. The monoisotopic (exact) mass is 465 g/mol. The summed E-state index contributed by atoms with van der Waals surface area (Å²) >= 11 is 0. The van der Waals surface area contributed by atoms with Crippen LogP contribution in [0.25, 0.3) is 22.6 Å². The van der Waals surface area contributed by atoms with Crippen molar-refractivity contribution in [1.29, 1.82) is 0 Å². The van der Waals surface area contributed by atoms with Crippen LogP contribution in [0.3, 0.4) is 0 Å². The van der Waals surface area contributed by atoms with Gasteiger partial charge in [0.15, 0.2) is 5.82 Å². The summed E-state index contributed by atoms with van der Waals surface area (Å²) in [7, 11) is 1.80. The van der Waals surface area contributed by atoms with E-state index in [0.29, 0.717) is 24.2 Å². The average molecular weight is 466 g/mol. The van der Waals surface area contributed by atoms with Crippen molar-refractivity contribution < 1.29 is 14.4 Å². The van der Waals surface area contributed by atoms with Gasteiger partial charge in [0.2, 0.25) is 0 Å². The Balaban J connectivity index is 1.65. The van der Waals surface area contributed by atoms with Crippen LogP contribution in [0.5, 0.6) is 5.75 Å². The Bertz CT molecular complexity index is 1070. The van der Waals surface area contributed by atoms with Crippen LogP contribution < -0.4 is 15.4 Å². The predicted molar refractivity (Wildman–Crippen MR) is 133 cm³/mol. The molecule has 34 heavy (non-hydrogen) atoms. The molecular weight excluding hydrogens is 430 g/mol. The van der Waals surface area contributed by atoms with Crippen molar-refractivity contribution in [3.8, 4) is 28.4 Å². The standard InChI is InChI=1S/C26H35N5O3/c1-16-8-10-20(11-9-16)28-24-13-23(25-17(2)31-34-18(25)3)29-26(30-24)19-6-5-7-22(12-19)33-15-21(32)14-27-4/h5-7,12-13,16,20-21,27,32H,8-11,14-15H2,1-4H3,(H,28,29,30)/t16-,20-,21?. The number of aromatic nitrogens is 3. The van der Waals surface area contributed by atoms with Crippen LogP contribution in [0.15, 0.2) is 34.9 Å². The van der Waals surface area contributed by atoms with E-state index in [0.717, 1.165) is 52.9 Å². The third-order valence-electron chi connectivity index (χ3n) is 6.36. The second-order valence-electron chi connectivity index (χ2n) is 9.31. The largest absolute Gasteiger partial charge is 0.491 e. The second-order valence-corrected chi connectivity index (χ2v) is 9.31. The molecule has 1 unspecified atom stereocenters. The maximum Gasteiger partial charge on any atom is 0.162 e. The van der Waals surface area contributed by atoms with Crippen molar-refractivity contribution in [3.63, 3.8) is 0 Å². The number of anilines is 1.